The smallest absolute Gasteiger partial charge is 0.181 e. The molecule has 0 aliphatic rings. The molecule has 6 heteroatoms. The third-order valence-corrected chi connectivity index (χ3v) is 3.39. The van der Waals surface area contributed by atoms with Gasteiger partial charge in [0, 0.05) is 17.0 Å². The fourth-order valence-electron chi connectivity index (χ4n) is 1.97. The number of nitrogens with zero attached hydrogens (tertiary/aromatic N) is 3. The van der Waals surface area contributed by atoms with Crippen molar-refractivity contribution in [1.82, 2.24) is 15.2 Å². The minimum absolute atomic E-state index is 0.424. The summed E-state index contributed by atoms with van der Waals surface area (Å²) in [7, 11) is 0. The van der Waals surface area contributed by atoms with Gasteiger partial charge in [-0.2, -0.15) is 5.10 Å². The van der Waals surface area contributed by atoms with Crippen molar-refractivity contribution in [3.8, 4) is 11.4 Å². The number of nitrogens with one attached hydrogen (secondary N) is 1. The molecule has 0 saturated carbocycles. The van der Waals surface area contributed by atoms with Gasteiger partial charge < -0.3 is 4.84 Å². The van der Waals surface area contributed by atoms with Gasteiger partial charge in [-0.3, -0.25) is 5.10 Å². The summed E-state index contributed by atoms with van der Waals surface area (Å²) in [6.07, 6.45) is 2.25. The second-order valence-corrected chi connectivity index (χ2v) is 5.28. The lowest BCUT2D eigenvalue weighted by Crippen LogP contribution is -1.96. The molecule has 0 atom stereocenters. The largest absolute Gasteiger partial charge is 0.395 e. The van der Waals surface area contributed by atoms with Gasteiger partial charge in [0.1, 0.15) is 12.4 Å². The molecule has 3 aromatic rings. The number of hydrogen-bond acceptors (Lipinski definition) is 4. The van der Waals surface area contributed by atoms with E-state index in [1.807, 2.05) is 54.6 Å². The number of H-pyrrole nitrogens is 1. The Balaban J connectivity index is 1.48. The van der Waals surface area contributed by atoms with Crippen molar-refractivity contribution in [2.24, 2.45) is 5.16 Å². The van der Waals surface area contributed by atoms with Crippen molar-refractivity contribution in [2.45, 2.75) is 6.42 Å². The maximum atomic E-state index is 5.82. The molecular weight excluding hydrogens is 312 g/mol. The van der Waals surface area contributed by atoms with Gasteiger partial charge in [-0.15, -0.1) is 0 Å². The number of rotatable bonds is 6. The second-order valence-electron chi connectivity index (χ2n) is 4.84. The van der Waals surface area contributed by atoms with Gasteiger partial charge in [-0.05, 0) is 17.7 Å². The van der Waals surface area contributed by atoms with Gasteiger partial charge in [0.15, 0.2) is 5.82 Å². The molecule has 1 N–H and O–H groups in total. The zero-order chi connectivity index (χ0) is 15.9. The molecule has 3 rings (SSSR count). The number of oxime groups is 1. The quantitative estimate of drug-likeness (QED) is 0.426. The highest BCUT2D eigenvalue weighted by molar-refractivity contribution is 6.30. The molecule has 5 nitrogen and oxygen atoms in total. The third-order valence-electron chi connectivity index (χ3n) is 3.14. The standard InChI is InChI=1S/C17H15ClN4O/c18-15-8-6-13(7-9-15)12-19-23-11-10-16-20-17(22-21-16)14-4-2-1-3-5-14/h1-9,12H,10-11H2,(H,20,21,22)/b19-12+. The van der Waals surface area contributed by atoms with E-state index in [4.69, 9.17) is 16.4 Å². The first-order valence-corrected chi connectivity index (χ1v) is 7.57. The molecule has 0 amide bonds. The van der Waals surface area contributed by atoms with E-state index < -0.39 is 0 Å². The fourth-order valence-corrected chi connectivity index (χ4v) is 2.09. The predicted octanol–water partition coefficient (Wildman–Crippen LogP) is 3.72. The Morgan fingerprint density at radius 1 is 1.09 bits per heavy atom. The van der Waals surface area contributed by atoms with Gasteiger partial charge in [0.25, 0.3) is 0 Å². The van der Waals surface area contributed by atoms with Crippen LogP contribution in [0.2, 0.25) is 5.02 Å². The molecular formula is C17H15ClN4O. The zero-order valence-corrected chi connectivity index (χ0v) is 13.1. The minimum Gasteiger partial charge on any atom is -0.395 e. The van der Waals surface area contributed by atoms with Gasteiger partial charge in [0.2, 0.25) is 0 Å². The van der Waals surface area contributed by atoms with Gasteiger partial charge in [0.05, 0.1) is 6.21 Å². The highest BCUT2D eigenvalue weighted by atomic mass is 35.5. The fraction of sp³-hybridized carbons (Fsp3) is 0.118. The normalized spacial score (nSPS) is 11.0. The average Bonchev–Trinajstić information content (AvgIpc) is 3.06. The van der Waals surface area contributed by atoms with Crippen molar-refractivity contribution < 1.29 is 4.84 Å². The topological polar surface area (TPSA) is 63.2 Å². The SMILES string of the molecule is Clc1ccc(/C=N/OCCc2nc(-c3ccccc3)n[nH]2)cc1. The first-order chi connectivity index (χ1) is 11.3. The van der Waals surface area contributed by atoms with Crippen molar-refractivity contribution >= 4 is 17.8 Å². The number of aromatic amines is 1. The Bertz CT molecular complexity index is 769. The lowest BCUT2D eigenvalue weighted by Gasteiger charge is -1.97. The summed E-state index contributed by atoms with van der Waals surface area (Å²) in [5.41, 5.74) is 1.91. The monoisotopic (exact) mass is 326 g/mol. The van der Waals surface area contributed by atoms with Crippen LogP contribution in [0, 0.1) is 0 Å². The molecule has 1 heterocycles. The Morgan fingerprint density at radius 3 is 2.65 bits per heavy atom. The summed E-state index contributed by atoms with van der Waals surface area (Å²) in [6.45, 7) is 0.424. The molecule has 0 bridgehead atoms. The number of benzene rings is 2. The van der Waals surface area contributed by atoms with Crippen molar-refractivity contribution in [3.05, 3.63) is 71.0 Å². The summed E-state index contributed by atoms with van der Waals surface area (Å²) in [6, 6.07) is 17.2. The van der Waals surface area contributed by atoms with Crippen LogP contribution < -0.4 is 0 Å². The van der Waals surface area contributed by atoms with Crippen molar-refractivity contribution in [1.29, 1.82) is 0 Å². The molecule has 2 aromatic carbocycles. The molecule has 0 aliphatic carbocycles. The van der Waals surface area contributed by atoms with E-state index in [-0.39, 0.29) is 0 Å². The van der Waals surface area contributed by atoms with Crippen LogP contribution in [0.3, 0.4) is 0 Å². The summed E-state index contributed by atoms with van der Waals surface area (Å²) < 4.78 is 0. The lowest BCUT2D eigenvalue weighted by molar-refractivity contribution is 0.148. The van der Waals surface area contributed by atoms with E-state index in [0.29, 0.717) is 23.9 Å². The second kappa shape index (κ2) is 7.56. The van der Waals surface area contributed by atoms with Crippen LogP contribution in [0.25, 0.3) is 11.4 Å². The first-order valence-electron chi connectivity index (χ1n) is 7.19. The van der Waals surface area contributed by atoms with E-state index in [1.54, 1.807) is 6.21 Å². The van der Waals surface area contributed by atoms with Crippen LogP contribution in [0.4, 0.5) is 0 Å². The highest BCUT2D eigenvalue weighted by Gasteiger charge is 2.05. The molecule has 0 fully saturated rings. The molecule has 116 valence electrons. The number of hydrogen-bond donors (Lipinski definition) is 1. The zero-order valence-electron chi connectivity index (χ0n) is 12.3. The molecule has 0 unspecified atom stereocenters. The average molecular weight is 327 g/mol. The van der Waals surface area contributed by atoms with E-state index in [9.17, 15) is 0 Å². The summed E-state index contributed by atoms with van der Waals surface area (Å²) in [5.74, 6) is 1.45. The minimum atomic E-state index is 0.424. The lowest BCUT2D eigenvalue weighted by atomic mass is 10.2. The third kappa shape index (κ3) is 4.40. The van der Waals surface area contributed by atoms with E-state index in [1.165, 1.54) is 0 Å². The Kier molecular flexibility index (Phi) is 5.01. The molecule has 0 radical (unpaired) electrons. The molecule has 1 aromatic heterocycles. The summed E-state index contributed by atoms with van der Waals surface area (Å²) in [4.78, 5) is 9.67. The molecule has 0 aliphatic heterocycles. The van der Waals surface area contributed by atoms with Gasteiger partial charge in [-0.1, -0.05) is 59.2 Å². The van der Waals surface area contributed by atoms with Crippen LogP contribution in [0.1, 0.15) is 11.4 Å². The van der Waals surface area contributed by atoms with Crippen LogP contribution >= 0.6 is 11.6 Å². The van der Waals surface area contributed by atoms with E-state index >= 15 is 0 Å². The summed E-state index contributed by atoms with van der Waals surface area (Å²) >= 11 is 5.82. The van der Waals surface area contributed by atoms with Crippen molar-refractivity contribution in [3.63, 3.8) is 0 Å². The number of aromatic nitrogens is 3. The molecule has 0 spiro atoms. The maximum absolute atomic E-state index is 5.82. The predicted molar refractivity (Wildman–Crippen MR) is 90.5 cm³/mol. The van der Waals surface area contributed by atoms with E-state index in [0.717, 1.165) is 17.0 Å². The van der Waals surface area contributed by atoms with Crippen LogP contribution in [0.15, 0.2) is 59.8 Å². The molecule has 23 heavy (non-hydrogen) atoms. The highest BCUT2D eigenvalue weighted by Crippen LogP contribution is 2.13. The number of halogens is 1. The van der Waals surface area contributed by atoms with Crippen LogP contribution in [-0.2, 0) is 11.3 Å². The van der Waals surface area contributed by atoms with Crippen LogP contribution in [-0.4, -0.2) is 28.0 Å². The van der Waals surface area contributed by atoms with Gasteiger partial charge in [-0.25, -0.2) is 4.98 Å². The Hall–Kier alpha value is -2.66. The summed E-state index contributed by atoms with van der Waals surface area (Å²) in [5, 5.41) is 11.7. The molecule has 0 saturated heterocycles. The first kappa shape index (κ1) is 15.2. The van der Waals surface area contributed by atoms with E-state index in [2.05, 4.69) is 20.3 Å². The van der Waals surface area contributed by atoms with Crippen molar-refractivity contribution in [2.75, 3.05) is 6.61 Å². The maximum Gasteiger partial charge on any atom is 0.181 e. The Labute approximate surface area is 139 Å². The van der Waals surface area contributed by atoms with Gasteiger partial charge >= 0.3 is 0 Å². The Morgan fingerprint density at radius 2 is 1.87 bits per heavy atom. The van der Waals surface area contributed by atoms with Crippen LogP contribution in [0.5, 0.6) is 0 Å².